The van der Waals surface area contributed by atoms with E-state index < -0.39 is 10.0 Å². The van der Waals surface area contributed by atoms with Crippen LogP contribution in [0.5, 0.6) is 0 Å². The molecule has 5 nitrogen and oxygen atoms in total. The van der Waals surface area contributed by atoms with Crippen molar-refractivity contribution in [3.63, 3.8) is 0 Å². The van der Waals surface area contributed by atoms with Crippen molar-refractivity contribution < 1.29 is 8.42 Å². The molecule has 1 aromatic heterocycles. The van der Waals surface area contributed by atoms with Gasteiger partial charge in [0.1, 0.15) is 0 Å². The Balaban J connectivity index is 2.25. The lowest BCUT2D eigenvalue weighted by Crippen LogP contribution is -2.13. The van der Waals surface area contributed by atoms with Gasteiger partial charge in [-0.25, -0.2) is 13.4 Å². The molecule has 7 heteroatoms. The number of rotatable bonds is 5. The second-order valence-corrected chi connectivity index (χ2v) is 7.72. The number of nitrogens with two attached hydrogens (primary N) is 1. The summed E-state index contributed by atoms with van der Waals surface area (Å²) in [6.07, 6.45) is 0.785. The zero-order valence-electron chi connectivity index (χ0n) is 12.3. The zero-order valence-corrected chi connectivity index (χ0v) is 13.9. The summed E-state index contributed by atoms with van der Waals surface area (Å²) < 4.78 is 27.2. The molecule has 0 spiro atoms. The Morgan fingerprint density at radius 2 is 1.95 bits per heavy atom. The molecule has 0 aliphatic carbocycles. The third-order valence-corrected chi connectivity index (χ3v) is 5.58. The first-order chi connectivity index (χ1) is 9.83. The van der Waals surface area contributed by atoms with Crippen LogP contribution in [0.4, 0.5) is 5.13 Å². The average Bonchev–Trinajstić information content (AvgIpc) is 2.78. The lowest BCUT2D eigenvalue weighted by Gasteiger charge is -2.08. The summed E-state index contributed by atoms with van der Waals surface area (Å²) in [7, 11) is -3.61. The molecular weight excluding hydrogens is 306 g/mol. The second kappa shape index (κ2) is 6.13. The van der Waals surface area contributed by atoms with E-state index in [1.807, 2.05) is 20.8 Å². The van der Waals surface area contributed by atoms with E-state index in [1.165, 1.54) is 11.3 Å². The van der Waals surface area contributed by atoms with Crippen molar-refractivity contribution in [1.82, 2.24) is 4.98 Å². The van der Waals surface area contributed by atoms with Gasteiger partial charge in [-0.05, 0) is 38.0 Å². The third kappa shape index (κ3) is 3.61. The molecule has 2 rings (SSSR count). The van der Waals surface area contributed by atoms with Gasteiger partial charge in [0.05, 0.1) is 10.6 Å². The molecular formula is C14H19N3O2S2. The van der Waals surface area contributed by atoms with Gasteiger partial charge in [-0.15, -0.1) is 11.3 Å². The Bertz CT molecular complexity index is 719. The molecule has 3 N–H and O–H groups in total. The van der Waals surface area contributed by atoms with Gasteiger partial charge < -0.3 is 5.73 Å². The summed E-state index contributed by atoms with van der Waals surface area (Å²) in [5.74, 6) is 0. The Morgan fingerprint density at radius 3 is 2.43 bits per heavy atom. The van der Waals surface area contributed by atoms with E-state index in [0.717, 1.165) is 22.6 Å². The molecule has 114 valence electrons. The van der Waals surface area contributed by atoms with Gasteiger partial charge in [0.2, 0.25) is 0 Å². The minimum absolute atomic E-state index is 0.122. The highest BCUT2D eigenvalue weighted by atomic mass is 32.2. The molecule has 1 heterocycles. The van der Waals surface area contributed by atoms with E-state index in [9.17, 15) is 8.42 Å². The Labute approximate surface area is 129 Å². The van der Waals surface area contributed by atoms with Gasteiger partial charge in [-0.1, -0.05) is 19.1 Å². The van der Waals surface area contributed by atoms with Crippen LogP contribution in [0.3, 0.4) is 0 Å². The van der Waals surface area contributed by atoms with Crippen LogP contribution in [0.15, 0.2) is 29.2 Å². The van der Waals surface area contributed by atoms with Crippen molar-refractivity contribution in [2.45, 2.75) is 38.1 Å². The Kier molecular flexibility index (Phi) is 4.65. The molecule has 1 unspecified atom stereocenters. The van der Waals surface area contributed by atoms with E-state index in [-0.39, 0.29) is 10.9 Å². The molecule has 0 saturated carbocycles. The van der Waals surface area contributed by atoms with Crippen LogP contribution in [0.2, 0.25) is 0 Å². The molecule has 0 saturated heterocycles. The first-order valence-electron chi connectivity index (χ1n) is 6.68. The maximum Gasteiger partial charge on any atom is 0.263 e. The van der Waals surface area contributed by atoms with Crippen molar-refractivity contribution in [3.05, 3.63) is 40.4 Å². The molecule has 0 aliphatic rings. The number of benzene rings is 1. The largest absolute Gasteiger partial charge is 0.324 e. The van der Waals surface area contributed by atoms with Crippen molar-refractivity contribution in [2.24, 2.45) is 5.73 Å². The Hall–Kier alpha value is -1.44. The molecule has 2 aromatic rings. The second-order valence-electron chi connectivity index (χ2n) is 4.84. The predicted molar refractivity (Wildman–Crippen MR) is 86.1 cm³/mol. The monoisotopic (exact) mass is 325 g/mol. The standard InChI is InChI=1S/C14H19N3O2S2/c1-4-13-10(3)20-14(16-13)17-21(18,19)12-7-5-11(6-8-12)9(2)15/h5-9H,4,15H2,1-3H3,(H,16,17). The van der Waals surface area contributed by atoms with Crippen LogP contribution in [0, 0.1) is 6.92 Å². The summed E-state index contributed by atoms with van der Waals surface area (Å²) in [6.45, 7) is 5.78. The van der Waals surface area contributed by atoms with Crippen molar-refractivity contribution in [3.8, 4) is 0 Å². The van der Waals surface area contributed by atoms with Crippen molar-refractivity contribution >= 4 is 26.5 Å². The summed E-state index contributed by atoms with van der Waals surface area (Å²) in [5, 5.41) is 0.403. The third-order valence-electron chi connectivity index (χ3n) is 3.17. The zero-order chi connectivity index (χ0) is 15.6. The summed E-state index contributed by atoms with van der Waals surface area (Å²) >= 11 is 1.35. The number of hydrogen-bond acceptors (Lipinski definition) is 5. The number of nitrogens with one attached hydrogen (secondary N) is 1. The van der Waals surface area contributed by atoms with E-state index in [2.05, 4.69) is 9.71 Å². The normalized spacial score (nSPS) is 13.1. The molecule has 0 aliphatic heterocycles. The first kappa shape index (κ1) is 15.9. The van der Waals surface area contributed by atoms with E-state index in [1.54, 1.807) is 24.3 Å². The van der Waals surface area contributed by atoms with E-state index in [0.29, 0.717) is 5.13 Å². The smallest absolute Gasteiger partial charge is 0.263 e. The first-order valence-corrected chi connectivity index (χ1v) is 8.98. The molecule has 0 bridgehead atoms. The molecule has 1 aromatic carbocycles. The SMILES string of the molecule is CCc1nc(NS(=O)(=O)c2ccc(C(C)N)cc2)sc1C. The lowest BCUT2D eigenvalue weighted by molar-refractivity contribution is 0.601. The van der Waals surface area contributed by atoms with Gasteiger partial charge in [0.25, 0.3) is 10.0 Å². The maximum atomic E-state index is 12.3. The highest BCUT2D eigenvalue weighted by Gasteiger charge is 2.17. The summed E-state index contributed by atoms with van der Waals surface area (Å²) in [6, 6.07) is 6.45. The number of aromatic nitrogens is 1. The highest BCUT2D eigenvalue weighted by Crippen LogP contribution is 2.25. The topological polar surface area (TPSA) is 85.1 Å². The predicted octanol–water partition coefficient (Wildman–Crippen LogP) is 2.83. The fourth-order valence-electron chi connectivity index (χ4n) is 1.92. The van der Waals surface area contributed by atoms with Crippen LogP contribution >= 0.6 is 11.3 Å². The highest BCUT2D eigenvalue weighted by molar-refractivity contribution is 7.93. The van der Waals surface area contributed by atoms with Gasteiger partial charge in [0, 0.05) is 10.9 Å². The molecule has 0 amide bonds. The maximum absolute atomic E-state index is 12.3. The molecule has 0 fully saturated rings. The molecule has 0 radical (unpaired) electrons. The van der Waals surface area contributed by atoms with Crippen LogP contribution in [0.1, 0.15) is 36.0 Å². The van der Waals surface area contributed by atoms with Crippen molar-refractivity contribution in [1.29, 1.82) is 0 Å². The van der Waals surface area contributed by atoms with Gasteiger partial charge in [-0.2, -0.15) is 0 Å². The minimum Gasteiger partial charge on any atom is -0.324 e. The van der Waals surface area contributed by atoms with Crippen LogP contribution in [0.25, 0.3) is 0 Å². The summed E-state index contributed by atoms with van der Waals surface area (Å²) in [4.78, 5) is 5.53. The van der Waals surface area contributed by atoms with Crippen LogP contribution in [-0.2, 0) is 16.4 Å². The Morgan fingerprint density at radius 1 is 1.33 bits per heavy atom. The summed E-state index contributed by atoms with van der Waals surface area (Å²) in [5.41, 5.74) is 7.57. The van der Waals surface area contributed by atoms with E-state index in [4.69, 9.17) is 5.73 Å². The fraction of sp³-hybridized carbons (Fsp3) is 0.357. The number of sulfonamides is 1. The van der Waals surface area contributed by atoms with Gasteiger partial charge >= 0.3 is 0 Å². The van der Waals surface area contributed by atoms with Crippen molar-refractivity contribution in [2.75, 3.05) is 4.72 Å². The number of anilines is 1. The number of hydrogen-bond donors (Lipinski definition) is 2. The quantitative estimate of drug-likeness (QED) is 0.885. The average molecular weight is 325 g/mol. The van der Waals surface area contributed by atoms with Gasteiger partial charge in [0.15, 0.2) is 5.13 Å². The fourth-order valence-corrected chi connectivity index (χ4v) is 4.06. The lowest BCUT2D eigenvalue weighted by atomic mass is 10.1. The molecule has 21 heavy (non-hydrogen) atoms. The number of thiazole rings is 1. The number of nitrogens with zero attached hydrogens (tertiary/aromatic N) is 1. The minimum atomic E-state index is -3.61. The number of aryl methyl sites for hydroxylation is 2. The van der Waals surface area contributed by atoms with Crippen LogP contribution < -0.4 is 10.5 Å². The molecule has 1 atom stereocenters. The van der Waals surface area contributed by atoms with Crippen LogP contribution in [-0.4, -0.2) is 13.4 Å². The van der Waals surface area contributed by atoms with E-state index >= 15 is 0 Å². The van der Waals surface area contributed by atoms with Gasteiger partial charge in [-0.3, -0.25) is 4.72 Å².